The summed E-state index contributed by atoms with van der Waals surface area (Å²) < 4.78 is 0. The minimum atomic E-state index is 0.887. The summed E-state index contributed by atoms with van der Waals surface area (Å²) in [6, 6.07) is 70.9. The van der Waals surface area contributed by atoms with Crippen molar-refractivity contribution < 1.29 is 0 Å². The van der Waals surface area contributed by atoms with Gasteiger partial charge in [-0.05, 0) is 86.6 Å². The molecule has 0 saturated carbocycles. The molecule has 0 aliphatic heterocycles. The van der Waals surface area contributed by atoms with Gasteiger partial charge < -0.3 is 4.90 Å². The van der Waals surface area contributed by atoms with Crippen LogP contribution in [0.1, 0.15) is 0 Å². The van der Waals surface area contributed by atoms with Crippen molar-refractivity contribution in [2.24, 2.45) is 0 Å². The molecule has 1 aromatic heterocycles. The molecule has 1 heterocycles. The molecule has 248 valence electrons. The van der Waals surface area contributed by atoms with Gasteiger partial charge in [0.15, 0.2) is 0 Å². The average Bonchev–Trinajstić information content (AvgIpc) is 3.24. The van der Waals surface area contributed by atoms with E-state index in [9.17, 15) is 0 Å². The second kappa shape index (κ2) is 12.9. The Balaban J connectivity index is 1.07. The third-order valence-corrected chi connectivity index (χ3v) is 10.2. The summed E-state index contributed by atoms with van der Waals surface area (Å²) in [5, 5.41) is 7.07. The van der Waals surface area contributed by atoms with E-state index in [2.05, 4.69) is 193 Å². The summed E-state index contributed by atoms with van der Waals surface area (Å²) >= 11 is 0. The summed E-state index contributed by atoms with van der Waals surface area (Å²) in [5.41, 5.74) is 11.4. The van der Waals surface area contributed by atoms with Crippen molar-refractivity contribution in [3.8, 4) is 33.6 Å². The number of para-hydroxylation sites is 1. The van der Waals surface area contributed by atoms with Crippen LogP contribution in [0, 0.1) is 0 Å². The van der Waals surface area contributed by atoms with Crippen LogP contribution in [0.3, 0.4) is 0 Å². The Morgan fingerprint density at radius 3 is 1.60 bits per heavy atom. The second-order valence-electron chi connectivity index (χ2n) is 13.4. The molecule has 0 fully saturated rings. The van der Waals surface area contributed by atoms with Crippen LogP contribution < -0.4 is 4.90 Å². The van der Waals surface area contributed by atoms with Gasteiger partial charge in [-0.1, -0.05) is 152 Å². The quantitative estimate of drug-likeness (QED) is 0.164. The van der Waals surface area contributed by atoms with Crippen molar-refractivity contribution in [3.05, 3.63) is 200 Å². The first-order chi connectivity index (χ1) is 26.3. The predicted molar refractivity (Wildman–Crippen MR) is 223 cm³/mol. The van der Waals surface area contributed by atoms with Gasteiger partial charge in [0.1, 0.15) is 0 Å². The van der Waals surface area contributed by atoms with Gasteiger partial charge in [0.2, 0.25) is 0 Å². The Morgan fingerprint density at radius 1 is 0.321 bits per heavy atom. The van der Waals surface area contributed by atoms with Gasteiger partial charge in [0.05, 0.1) is 22.4 Å². The number of hydrogen-bond donors (Lipinski definition) is 0. The maximum atomic E-state index is 5.41. The first kappa shape index (κ1) is 30.7. The number of hydrogen-bond acceptors (Lipinski definition) is 3. The van der Waals surface area contributed by atoms with E-state index >= 15 is 0 Å². The van der Waals surface area contributed by atoms with Crippen molar-refractivity contribution in [2.75, 3.05) is 4.90 Å². The molecule has 10 rings (SSSR count). The molecule has 0 radical (unpaired) electrons. The molecule has 0 amide bonds. The van der Waals surface area contributed by atoms with Gasteiger partial charge in [0.25, 0.3) is 0 Å². The van der Waals surface area contributed by atoms with E-state index in [1.54, 1.807) is 0 Å². The lowest BCUT2D eigenvalue weighted by atomic mass is 9.96. The highest BCUT2D eigenvalue weighted by Crippen LogP contribution is 2.39. The van der Waals surface area contributed by atoms with Crippen LogP contribution in [0.5, 0.6) is 0 Å². The molecule has 0 aliphatic rings. The lowest BCUT2D eigenvalue weighted by Gasteiger charge is -2.26. The molecule has 3 heteroatoms. The van der Waals surface area contributed by atoms with Crippen LogP contribution >= 0.6 is 0 Å². The van der Waals surface area contributed by atoms with Crippen LogP contribution in [0.25, 0.3) is 77.0 Å². The fourth-order valence-corrected chi connectivity index (χ4v) is 7.58. The number of benzene rings is 9. The largest absolute Gasteiger partial charge is 0.310 e. The van der Waals surface area contributed by atoms with Crippen LogP contribution in [0.15, 0.2) is 200 Å². The highest BCUT2D eigenvalue weighted by atomic mass is 15.1. The highest BCUT2D eigenvalue weighted by Gasteiger charge is 2.17. The Labute approximate surface area is 308 Å². The standard InChI is InChI=1S/C50H33N3/c1-4-13-37(14-5-1)48-49(38-15-6-2-7-16-38)52-50-46(51-48)31-26-36-20-21-41-32-40(25-30-45(41)47(36)50)35-22-27-43(28-23-35)53(42-18-8-3-9-19-42)44-29-24-34-12-10-11-17-39(34)33-44/h1-33H. The summed E-state index contributed by atoms with van der Waals surface area (Å²) in [5.74, 6) is 0. The average molecular weight is 676 g/mol. The zero-order valence-electron chi connectivity index (χ0n) is 28.9. The van der Waals surface area contributed by atoms with Crippen LogP contribution in [0.4, 0.5) is 17.1 Å². The normalized spacial score (nSPS) is 11.4. The zero-order valence-corrected chi connectivity index (χ0v) is 28.9. The van der Waals surface area contributed by atoms with Gasteiger partial charge in [-0.2, -0.15) is 0 Å². The van der Waals surface area contributed by atoms with E-state index in [0.717, 1.165) is 61.4 Å². The van der Waals surface area contributed by atoms with E-state index in [1.165, 1.54) is 32.7 Å². The van der Waals surface area contributed by atoms with Gasteiger partial charge in [-0.25, -0.2) is 9.97 Å². The fourth-order valence-electron chi connectivity index (χ4n) is 7.58. The Hall–Kier alpha value is -7.10. The smallest absolute Gasteiger partial charge is 0.0979 e. The SMILES string of the molecule is c1ccc(-c2nc3ccc4ccc5cc(-c6ccc(N(c7ccccc7)c7ccc8ccccc8c7)cc6)ccc5c4c3nc2-c2ccccc2)cc1. The third-order valence-electron chi connectivity index (χ3n) is 10.2. The molecule has 10 aromatic rings. The summed E-state index contributed by atoms with van der Waals surface area (Å²) in [6.45, 7) is 0. The van der Waals surface area contributed by atoms with Crippen LogP contribution in [0.2, 0.25) is 0 Å². The summed E-state index contributed by atoms with van der Waals surface area (Å²) in [4.78, 5) is 13.0. The van der Waals surface area contributed by atoms with E-state index in [0.29, 0.717) is 0 Å². The van der Waals surface area contributed by atoms with Crippen LogP contribution in [-0.4, -0.2) is 9.97 Å². The maximum absolute atomic E-state index is 5.41. The molecule has 0 saturated heterocycles. The number of anilines is 3. The first-order valence-electron chi connectivity index (χ1n) is 18.0. The van der Waals surface area contributed by atoms with Crippen LogP contribution in [-0.2, 0) is 0 Å². The number of aromatic nitrogens is 2. The predicted octanol–water partition coefficient (Wildman–Crippen LogP) is 13.6. The lowest BCUT2D eigenvalue weighted by Crippen LogP contribution is -2.09. The van der Waals surface area contributed by atoms with Gasteiger partial charge in [-0.3, -0.25) is 0 Å². The molecule has 0 atom stereocenters. The summed E-state index contributed by atoms with van der Waals surface area (Å²) in [7, 11) is 0. The third kappa shape index (κ3) is 5.56. The number of fused-ring (bicyclic) bond motifs is 6. The summed E-state index contributed by atoms with van der Waals surface area (Å²) in [6.07, 6.45) is 0. The van der Waals surface area contributed by atoms with Crippen molar-refractivity contribution in [3.63, 3.8) is 0 Å². The molecule has 0 N–H and O–H groups in total. The van der Waals surface area contributed by atoms with Crippen molar-refractivity contribution in [2.45, 2.75) is 0 Å². The van der Waals surface area contributed by atoms with Crippen molar-refractivity contribution >= 4 is 60.4 Å². The van der Waals surface area contributed by atoms with Gasteiger partial charge in [-0.15, -0.1) is 0 Å². The molecular formula is C50H33N3. The molecule has 9 aromatic carbocycles. The molecule has 0 unspecified atom stereocenters. The molecule has 0 bridgehead atoms. The van der Waals surface area contributed by atoms with E-state index < -0.39 is 0 Å². The molecule has 3 nitrogen and oxygen atoms in total. The van der Waals surface area contributed by atoms with E-state index in [1.807, 2.05) is 12.1 Å². The zero-order chi connectivity index (χ0) is 35.1. The minimum absolute atomic E-state index is 0.887. The molecule has 53 heavy (non-hydrogen) atoms. The van der Waals surface area contributed by atoms with Gasteiger partial charge >= 0.3 is 0 Å². The molecule has 0 aliphatic carbocycles. The topological polar surface area (TPSA) is 29.0 Å². The number of rotatable bonds is 6. The monoisotopic (exact) mass is 675 g/mol. The lowest BCUT2D eigenvalue weighted by molar-refractivity contribution is 1.29. The molecular weight excluding hydrogens is 643 g/mol. The van der Waals surface area contributed by atoms with Crippen molar-refractivity contribution in [1.29, 1.82) is 0 Å². The fraction of sp³-hybridized carbons (Fsp3) is 0. The maximum Gasteiger partial charge on any atom is 0.0979 e. The Bertz CT molecular complexity index is 2920. The Morgan fingerprint density at radius 2 is 0.868 bits per heavy atom. The molecule has 0 spiro atoms. The first-order valence-corrected chi connectivity index (χ1v) is 18.0. The van der Waals surface area contributed by atoms with E-state index in [-0.39, 0.29) is 0 Å². The van der Waals surface area contributed by atoms with Gasteiger partial charge in [0, 0.05) is 33.6 Å². The Kier molecular flexibility index (Phi) is 7.47. The second-order valence-corrected chi connectivity index (χ2v) is 13.4. The highest BCUT2D eigenvalue weighted by molar-refractivity contribution is 6.19. The van der Waals surface area contributed by atoms with E-state index in [4.69, 9.17) is 9.97 Å². The number of nitrogens with zero attached hydrogens (tertiary/aromatic N) is 3. The minimum Gasteiger partial charge on any atom is -0.310 e. The van der Waals surface area contributed by atoms with Crippen molar-refractivity contribution in [1.82, 2.24) is 9.97 Å².